The number of rotatable bonds is 9. The lowest BCUT2D eigenvalue weighted by molar-refractivity contribution is -0.384. The molecule has 0 saturated heterocycles. The molecule has 0 aliphatic carbocycles. The zero-order valence-corrected chi connectivity index (χ0v) is 20.1. The number of hydrazone groups is 1. The van der Waals surface area contributed by atoms with Gasteiger partial charge in [-0.15, -0.1) is 0 Å². The second-order valence-corrected chi connectivity index (χ2v) is 11.4. The number of nitrogens with zero attached hydrogens (tertiary/aromatic N) is 2. The van der Waals surface area contributed by atoms with Gasteiger partial charge in [0, 0.05) is 12.1 Å². The fourth-order valence-electron chi connectivity index (χ4n) is 3.20. The van der Waals surface area contributed by atoms with E-state index < -0.39 is 30.0 Å². The van der Waals surface area contributed by atoms with E-state index >= 15 is 0 Å². The Morgan fingerprint density at radius 1 is 0.912 bits per heavy atom. The maximum absolute atomic E-state index is 13.4. The normalized spacial score (nSPS) is 13.3. The fourth-order valence-corrected chi connectivity index (χ4v) is 5.84. The second-order valence-electron chi connectivity index (χ2n) is 7.64. The first kappa shape index (κ1) is 25.1. The van der Waals surface area contributed by atoms with Crippen LogP contribution in [-0.4, -0.2) is 32.7 Å². The topological polar surface area (TPSA) is 136 Å². The lowest BCUT2D eigenvalue weighted by Gasteiger charge is -2.18. The van der Waals surface area contributed by atoms with Gasteiger partial charge >= 0.3 is 0 Å². The summed E-state index contributed by atoms with van der Waals surface area (Å²) in [7, 11) is -7.97. The zero-order chi connectivity index (χ0) is 24.9. The van der Waals surface area contributed by atoms with Gasteiger partial charge in [0.25, 0.3) is 15.7 Å². The van der Waals surface area contributed by atoms with Crippen LogP contribution >= 0.6 is 0 Å². The maximum atomic E-state index is 13.4. The number of nitro groups is 1. The summed E-state index contributed by atoms with van der Waals surface area (Å²) in [6.45, 7) is 3.25. The number of non-ortho nitro benzene ring substituents is 1. The van der Waals surface area contributed by atoms with E-state index in [2.05, 4.69) is 9.93 Å². The van der Waals surface area contributed by atoms with Gasteiger partial charge in [-0.25, -0.2) is 13.2 Å². The van der Waals surface area contributed by atoms with Crippen LogP contribution in [0.5, 0.6) is 0 Å². The third kappa shape index (κ3) is 5.86. The third-order valence-corrected chi connectivity index (χ3v) is 8.56. The molecule has 1 N–H and O–H groups in total. The quantitative estimate of drug-likeness (QED) is 0.270. The Morgan fingerprint density at radius 2 is 1.50 bits per heavy atom. The van der Waals surface area contributed by atoms with E-state index in [1.165, 1.54) is 55.5 Å². The van der Waals surface area contributed by atoms with Crippen LogP contribution in [0.2, 0.25) is 0 Å². The molecule has 3 aromatic rings. The lowest BCUT2D eigenvalue weighted by Crippen LogP contribution is -2.33. The van der Waals surface area contributed by atoms with Crippen molar-refractivity contribution in [3.8, 4) is 0 Å². The summed E-state index contributed by atoms with van der Waals surface area (Å²) < 4.78 is 52.1. The van der Waals surface area contributed by atoms with Gasteiger partial charge in [0.15, 0.2) is 9.84 Å². The minimum absolute atomic E-state index is 0.00696. The van der Waals surface area contributed by atoms with Crippen LogP contribution in [-0.2, 0) is 26.3 Å². The molecule has 0 radical (unpaired) electrons. The molecule has 9 nitrogen and oxygen atoms in total. The van der Waals surface area contributed by atoms with Crippen molar-refractivity contribution in [3.05, 3.63) is 100 Å². The molecule has 0 amide bonds. The van der Waals surface area contributed by atoms with Crippen molar-refractivity contribution >= 4 is 31.3 Å². The molecule has 0 aliphatic rings. The first-order valence-electron chi connectivity index (χ1n) is 10.2. The molecule has 0 spiro atoms. The Balaban J connectivity index is 1.96. The van der Waals surface area contributed by atoms with Crippen molar-refractivity contribution < 1.29 is 21.8 Å². The highest BCUT2D eigenvalue weighted by molar-refractivity contribution is 7.93. The monoisotopic (exact) mass is 501 g/mol. The molecule has 0 bridgehead atoms. The lowest BCUT2D eigenvalue weighted by atomic mass is 10.1. The average molecular weight is 502 g/mol. The number of nitro benzene ring substituents is 1. The third-order valence-electron chi connectivity index (χ3n) is 5.15. The molecule has 3 aromatic carbocycles. The second kappa shape index (κ2) is 10.1. The summed E-state index contributed by atoms with van der Waals surface area (Å²) in [6.07, 6.45) is -0.0587. The number of hydrogen-bond acceptors (Lipinski definition) is 7. The molecule has 0 aromatic heterocycles. The molecule has 1 unspecified atom stereocenters. The summed E-state index contributed by atoms with van der Waals surface area (Å²) in [5.41, 5.74) is 1.31. The molecule has 11 heteroatoms. The van der Waals surface area contributed by atoms with Crippen molar-refractivity contribution in [2.24, 2.45) is 5.10 Å². The predicted molar refractivity (Wildman–Crippen MR) is 129 cm³/mol. The summed E-state index contributed by atoms with van der Waals surface area (Å²) in [4.78, 5) is 12.5. The van der Waals surface area contributed by atoms with Crippen molar-refractivity contribution in [1.82, 2.24) is 4.83 Å². The molecule has 3 rings (SSSR count). The molecule has 178 valence electrons. The maximum Gasteiger partial charge on any atom is 0.276 e. The summed E-state index contributed by atoms with van der Waals surface area (Å²) in [5, 5.41) is 13.6. The first-order valence-corrected chi connectivity index (χ1v) is 13.2. The van der Waals surface area contributed by atoms with E-state index in [9.17, 15) is 26.9 Å². The number of sulfonamides is 1. The summed E-state index contributed by atoms with van der Waals surface area (Å²) >= 11 is 0. The average Bonchev–Trinajstić information content (AvgIpc) is 2.82. The minimum atomic E-state index is -4.01. The minimum Gasteiger partial charge on any atom is -0.258 e. The zero-order valence-electron chi connectivity index (χ0n) is 18.5. The molecule has 34 heavy (non-hydrogen) atoms. The SMILES string of the molecule is C/C(=N\NS(=O)(=O)c1ccc(C)cc1)C(Cc1ccc([N+](=O)[O-])cc1)S(=O)(=O)c1ccccc1. The van der Waals surface area contributed by atoms with Crippen LogP contribution < -0.4 is 4.83 Å². The largest absolute Gasteiger partial charge is 0.276 e. The van der Waals surface area contributed by atoms with E-state index in [1.54, 1.807) is 30.3 Å². The van der Waals surface area contributed by atoms with Crippen molar-refractivity contribution in [3.63, 3.8) is 0 Å². The predicted octanol–water partition coefficient (Wildman–Crippen LogP) is 3.64. The van der Waals surface area contributed by atoms with E-state index in [4.69, 9.17) is 0 Å². The van der Waals surface area contributed by atoms with Crippen LogP contribution in [0.15, 0.2) is 93.8 Å². The van der Waals surface area contributed by atoms with Crippen LogP contribution in [0.4, 0.5) is 5.69 Å². The van der Waals surface area contributed by atoms with Gasteiger partial charge in [0.2, 0.25) is 0 Å². The molecule has 0 fully saturated rings. The van der Waals surface area contributed by atoms with Gasteiger partial charge in [-0.3, -0.25) is 10.1 Å². The number of aryl methyl sites for hydroxylation is 1. The van der Waals surface area contributed by atoms with Gasteiger partial charge < -0.3 is 0 Å². The molecule has 0 aliphatic heterocycles. The number of sulfone groups is 1. The number of hydrogen-bond donors (Lipinski definition) is 1. The smallest absolute Gasteiger partial charge is 0.258 e. The summed E-state index contributed by atoms with van der Waals surface area (Å²) in [6, 6.07) is 19.4. The van der Waals surface area contributed by atoms with Gasteiger partial charge in [-0.05, 0) is 50.1 Å². The van der Waals surface area contributed by atoms with Gasteiger partial charge in [-0.2, -0.15) is 13.5 Å². The van der Waals surface area contributed by atoms with E-state index in [1.807, 2.05) is 6.92 Å². The van der Waals surface area contributed by atoms with Crippen LogP contribution in [0.1, 0.15) is 18.1 Å². The van der Waals surface area contributed by atoms with Crippen molar-refractivity contribution in [2.75, 3.05) is 0 Å². The molecular weight excluding hydrogens is 478 g/mol. The molecule has 0 saturated carbocycles. The molecular formula is C23H23N3O6S2. The Labute approximate surface area is 198 Å². The van der Waals surface area contributed by atoms with Gasteiger partial charge in [0.1, 0.15) is 5.25 Å². The highest BCUT2D eigenvalue weighted by Crippen LogP contribution is 2.22. The molecule has 0 heterocycles. The van der Waals surface area contributed by atoms with Crippen LogP contribution in [0.3, 0.4) is 0 Å². The van der Waals surface area contributed by atoms with Crippen LogP contribution in [0, 0.1) is 17.0 Å². The van der Waals surface area contributed by atoms with E-state index in [-0.39, 0.29) is 27.6 Å². The number of nitrogens with one attached hydrogen (secondary N) is 1. The standard InChI is InChI=1S/C23H23N3O6S2/c1-17-8-14-22(15-9-17)34(31,32)25-24-18(2)23(33(29,30)21-6-4-3-5-7-21)16-19-10-12-20(13-11-19)26(27)28/h3-15,23,25H,16H2,1-2H3/b24-18+. The van der Waals surface area contributed by atoms with E-state index in [0.717, 1.165) is 5.56 Å². The summed E-state index contributed by atoms with van der Waals surface area (Å²) in [5.74, 6) is 0. The fraction of sp³-hybridized carbons (Fsp3) is 0.174. The Hall–Kier alpha value is -3.57. The Bertz CT molecular complexity index is 1400. The van der Waals surface area contributed by atoms with Crippen molar-refractivity contribution in [2.45, 2.75) is 35.3 Å². The van der Waals surface area contributed by atoms with Gasteiger partial charge in [0.05, 0.1) is 20.4 Å². The van der Waals surface area contributed by atoms with Crippen LogP contribution in [0.25, 0.3) is 0 Å². The number of benzene rings is 3. The Kier molecular flexibility index (Phi) is 7.48. The first-order chi connectivity index (χ1) is 16.0. The Morgan fingerprint density at radius 3 is 2.06 bits per heavy atom. The highest BCUT2D eigenvalue weighted by atomic mass is 32.2. The highest BCUT2D eigenvalue weighted by Gasteiger charge is 2.31. The molecule has 1 atom stereocenters. The van der Waals surface area contributed by atoms with Gasteiger partial charge in [-0.1, -0.05) is 48.0 Å². The van der Waals surface area contributed by atoms with E-state index in [0.29, 0.717) is 5.56 Å². The van der Waals surface area contributed by atoms with Crippen molar-refractivity contribution in [1.29, 1.82) is 0 Å².